The van der Waals surface area contributed by atoms with Gasteiger partial charge in [-0.2, -0.15) is 0 Å². The predicted octanol–water partition coefficient (Wildman–Crippen LogP) is -1.01. The molecule has 2 rings (SSSR count). The Balaban J connectivity index is 0. The fraction of sp³-hybridized carbons (Fsp3) is 0.552. The second-order valence-electron chi connectivity index (χ2n) is 12.4. The van der Waals surface area contributed by atoms with Crippen molar-refractivity contribution in [1.29, 1.82) is 0 Å². The van der Waals surface area contributed by atoms with Crippen molar-refractivity contribution in [2.75, 3.05) is 0 Å². The normalized spacial score (nSPS) is 11.6. The van der Waals surface area contributed by atoms with E-state index >= 15 is 0 Å². The first kappa shape index (κ1) is 37.4. The molecule has 0 unspecified atom stereocenters. The van der Waals surface area contributed by atoms with Gasteiger partial charge in [0.15, 0.2) is 0 Å². The summed E-state index contributed by atoms with van der Waals surface area (Å²) in [6.07, 6.45) is 0. The number of carbonyl (C=O) groups is 1. The van der Waals surface area contributed by atoms with Gasteiger partial charge in [-0.25, -0.2) is 0 Å². The zero-order valence-corrected chi connectivity index (χ0v) is 27.8. The molecule has 0 aromatic heterocycles. The Kier molecular flexibility index (Phi) is 13.4. The van der Waals surface area contributed by atoms with E-state index in [2.05, 4.69) is 81.4 Å². The van der Waals surface area contributed by atoms with Crippen LogP contribution >= 0.6 is 0 Å². The molecule has 0 aliphatic rings. The van der Waals surface area contributed by atoms with Gasteiger partial charge < -0.3 is 37.2 Å². The second-order valence-corrected chi connectivity index (χ2v) is 12.7. The number of carbonyl (C=O) groups excluding carboxylic acids is 1. The van der Waals surface area contributed by atoms with E-state index in [0.29, 0.717) is 5.75 Å². The van der Waals surface area contributed by atoms with Crippen LogP contribution in [0.4, 0.5) is 0 Å². The first-order valence-electron chi connectivity index (χ1n) is 11.7. The summed E-state index contributed by atoms with van der Waals surface area (Å²) in [5, 5.41) is 0. The van der Waals surface area contributed by atoms with Gasteiger partial charge in [-0.05, 0) is 0 Å². The molecule has 0 N–H and O–H groups in total. The molecular formula is C29H41Cl3O3Ti. The number of ether oxygens (including phenoxy) is 1. The van der Waals surface area contributed by atoms with Crippen LogP contribution in [-0.4, -0.2) is 5.97 Å². The van der Waals surface area contributed by atoms with Crippen LogP contribution in [0.1, 0.15) is 95.7 Å². The van der Waals surface area contributed by atoms with E-state index in [1.54, 1.807) is 20.8 Å². The van der Waals surface area contributed by atoms with Crippen LogP contribution in [0.2, 0.25) is 0 Å². The molecule has 0 radical (unpaired) electrons. The Hall–Kier alpha value is -0.706. The zero-order chi connectivity index (χ0) is 25.7. The molecule has 7 heteroatoms. The maximum atomic E-state index is 13.2. The molecule has 0 heterocycles. The molecule has 36 heavy (non-hydrogen) atoms. The van der Waals surface area contributed by atoms with Crippen LogP contribution in [0, 0.1) is 33.1 Å². The standard InChI is InChI=1S/C29H42O3.3ClH.Ti/c1-16-14-20(27(5,6)7)24(30)22(18(16)3)23-19(4)17(2)15-21(28(8,9)10)25(23)32-26(31)29(11,12)13;;;;/h14-15,30H,1-13H3;3*1H;/q;;;;+4/p-4. The van der Waals surface area contributed by atoms with Crippen molar-refractivity contribution in [1.82, 2.24) is 0 Å². The van der Waals surface area contributed by atoms with E-state index in [1.165, 1.54) is 11.1 Å². The minimum absolute atomic E-state index is 0. The Morgan fingerprint density at radius 2 is 1.00 bits per heavy atom. The molecule has 3 nitrogen and oxygen atoms in total. The summed E-state index contributed by atoms with van der Waals surface area (Å²) in [6, 6.07) is 4.40. The largest absolute Gasteiger partial charge is 1.00 e. The Morgan fingerprint density at radius 3 is 1.31 bits per heavy atom. The summed E-state index contributed by atoms with van der Waals surface area (Å²) in [5.41, 5.74) is 7.83. The molecule has 0 fully saturated rings. The SMILES string of the molecule is Cc1cc(C(C)(C)C)c([O][Ti+3])c(-c2c(C)c(C)cc(C(C)(C)C)c2OC(=O)C(C)(C)C)c1C.[Cl-].[Cl-].[Cl-]. The van der Waals surface area contributed by atoms with Crippen molar-refractivity contribution in [2.45, 2.75) is 101 Å². The van der Waals surface area contributed by atoms with Gasteiger partial charge >= 0.3 is 214 Å². The first-order chi connectivity index (χ1) is 14.8. The molecule has 0 saturated heterocycles. The maximum absolute atomic E-state index is 13.2. The Labute approximate surface area is 250 Å². The van der Waals surface area contributed by atoms with Crippen molar-refractivity contribution in [3.05, 3.63) is 45.5 Å². The second kappa shape index (κ2) is 12.9. The van der Waals surface area contributed by atoms with E-state index in [-0.39, 0.29) is 54.0 Å². The van der Waals surface area contributed by atoms with E-state index < -0.39 is 5.41 Å². The smallest absolute Gasteiger partial charge is 1.00 e. The van der Waals surface area contributed by atoms with Crippen molar-refractivity contribution < 1.29 is 70.9 Å². The average molecular weight is 592 g/mol. The zero-order valence-electron chi connectivity index (χ0n) is 24.0. The van der Waals surface area contributed by atoms with E-state index in [0.717, 1.165) is 39.1 Å². The number of rotatable bonds is 3. The van der Waals surface area contributed by atoms with Crippen LogP contribution in [0.25, 0.3) is 11.1 Å². The van der Waals surface area contributed by atoms with Gasteiger partial charge in [0.05, 0.1) is 0 Å². The fourth-order valence-corrected chi connectivity index (χ4v) is 4.29. The van der Waals surface area contributed by atoms with Crippen LogP contribution < -0.4 is 45.3 Å². The molecular weight excluding hydrogens is 551 g/mol. The molecule has 0 aliphatic carbocycles. The number of hydrogen-bond donors (Lipinski definition) is 0. The summed E-state index contributed by atoms with van der Waals surface area (Å²) < 4.78 is 12.4. The van der Waals surface area contributed by atoms with Crippen molar-refractivity contribution in [3.8, 4) is 22.6 Å². The van der Waals surface area contributed by atoms with Gasteiger partial charge in [-0.3, -0.25) is 0 Å². The molecule has 2 aromatic carbocycles. The Bertz CT molecular complexity index is 1090. The average Bonchev–Trinajstić information content (AvgIpc) is 2.64. The minimum atomic E-state index is -0.618. The molecule has 200 valence electrons. The van der Waals surface area contributed by atoms with Crippen LogP contribution in [0.5, 0.6) is 11.5 Å². The van der Waals surface area contributed by atoms with E-state index in [9.17, 15) is 4.79 Å². The molecule has 0 bridgehead atoms. The van der Waals surface area contributed by atoms with E-state index in [1.807, 2.05) is 20.8 Å². The van der Waals surface area contributed by atoms with Gasteiger partial charge in [-0.15, -0.1) is 0 Å². The Morgan fingerprint density at radius 1 is 0.667 bits per heavy atom. The van der Waals surface area contributed by atoms with Crippen molar-refractivity contribution in [3.63, 3.8) is 0 Å². The number of hydrogen-bond acceptors (Lipinski definition) is 3. The van der Waals surface area contributed by atoms with Gasteiger partial charge in [0, 0.05) is 0 Å². The maximum Gasteiger partial charge on any atom is -1.00 e. The van der Waals surface area contributed by atoms with Crippen LogP contribution in [0.15, 0.2) is 12.1 Å². The summed E-state index contributed by atoms with van der Waals surface area (Å²) in [7, 11) is 0. The molecule has 0 amide bonds. The van der Waals surface area contributed by atoms with E-state index in [4.69, 9.17) is 8.06 Å². The van der Waals surface area contributed by atoms with Gasteiger partial charge in [0.1, 0.15) is 0 Å². The topological polar surface area (TPSA) is 35.5 Å². The van der Waals surface area contributed by atoms with Crippen molar-refractivity contribution >= 4 is 5.97 Å². The third-order valence-corrected chi connectivity index (χ3v) is 6.69. The summed E-state index contributed by atoms with van der Waals surface area (Å²) in [6.45, 7) is 27.3. The third kappa shape index (κ3) is 7.67. The monoisotopic (exact) mass is 590 g/mol. The number of halogens is 3. The fourth-order valence-electron chi connectivity index (χ4n) is 3.96. The number of benzene rings is 2. The number of esters is 1. The first-order valence-corrected chi connectivity index (χ1v) is 12.3. The minimum Gasteiger partial charge on any atom is -1.00 e. The van der Waals surface area contributed by atoms with Gasteiger partial charge in [-0.1, -0.05) is 0 Å². The molecule has 0 saturated carbocycles. The summed E-state index contributed by atoms with van der Waals surface area (Å²) >= 11 is 1.74. The molecule has 0 aliphatic heterocycles. The predicted molar refractivity (Wildman–Crippen MR) is 134 cm³/mol. The van der Waals surface area contributed by atoms with Gasteiger partial charge in [0.25, 0.3) is 0 Å². The van der Waals surface area contributed by atoms with Gasteiger partial charge in [0.2, 0.25) is 0 Å². The quantitative estimate of drug-likeness (QED) is 0.261. The van der Waals surface area contributed by atoms with Crippen molar-refractivity contribution in [2.24, 2.45) is 5.41 Å². The number of aryl methyl sites for hydroxylation is 2. The molecule has 2 aromatic rings. The molecule has 0 spiro atoms. The van der Waals surface area contributed by atoms with Crippen LogP contribution in [0.3, 0.4) is 0 Å². The third-order valence-electron chi connectivity index (χ3n) is 6.37. The summed E-state index contributed by atoms with van der Waals surface area (Å²) in [5.74, 6) is 1.27. The summed E-state index contributed by atoms with van der Waals surface area (Å²) in [4.78, 5) is 13.2. The van der Waals surface area contributed by atoms with Crippen LogP contribution in [-0.2, 0) is 36.4 Å². The molecule has 0 atom stereocenters.